The summed E-state index contributed by atoms with van der Waals surface area (Å²) < 4.78 is 5.00. The predicted octanol–water partition coefficient (Wildman–Crippen LogP) is 1.73. The van der Waals surface area contributed by atoms with Gasteiger partial charge in [-0.25, -0.2) is 0 Å². The first-order valence-corrected chi connectivity index (χ1v) is 7.55. The number of hydrogen-bond donors (Lipinski definition) is 1. The van der Waals surface area contributed by atoms with E-state index in [-0.39, 0.29) is 11.4 Å². The molecule has 2 heterocycles. The summed E-state index contributed by atoms with van der Waals surface area (Å²) in [6.45, 7) is 12.9. The van der Waals surface area contributed by atoms with Crippen LogP contribution in [-0.4, -0.2) is 59.1 Å². The number of hydrogen-bond acceptors (Lipinski definition) is 5. The van der Waals surface area contributed by atoms with Crippen molar-refractivity contribution in [3.8, 4) is 0 Å². The molecule has 0 bridgehead atoms. The highest BCUT2D eigenvalue weighted by Crippen LogP contribution is 2.16. The van der Waals surface area contributed by atoms with E-state index in [1.807, 2.05) is 6.92 Å². The second kappa shape index (κ2) is 6.58. The maximum absolute atomic E-state index is 12.0. The molecule has 0 atom stereocenters. The van der Waals surface area contributed by atoms with Crippen LogP contribution in [0.15, 0.2) is 10.6 Å². The van der Waals surface area contributed by atoms with Gasteiger partial charge in [0.05, 0.1) is 12.2 Å². The van der Waals surface area contributed by atoms with Gasteiger partial charge in [0.2, 0.25) is 11.8 Å². The average Bonchev–Trinajstić information content (AvgIpc) is 2.62. The first-order valence-electron chi connectivity index (χ1n) is 7.55. The molecule has 6 heteroatoms. The van der Waals surface area contributed by atoms with Gasteiger partial charge in [-0.3, -0.25) is 19.9 Å². The molecule has 0 unspecified atom stereocenters. The SMILES string of the molecule is Cc1cc(NC(=O)CN2CCCN(C(C)(C)C)CC2)on1. The lowest BCUT2D eigenvalue weighted by atomic mass is 10.1. The van der Waals surface area contributed by atoms with Crippen molar-refractivity contribution in [2.24, 2.45) is 0 Å². The number of carbonyl (C=O) groups is 1. The van der Waals surface area contributed by atoms with Crippen LogP contribution in [0.4, 0.5) is 5.88 Å². The second-order valence-corrected chi connectivity index (χ2v) is 6.67. The lowest BCUT2D eigenvalue weighted by Gasteiger charge is -2.34. The van der Waals surface area contributed by atoms with Crippen molar-refractivity contribution >= 4 is 11.8 Å². The summed E-state index contributed by atoms with van der Waals surface area (Å²) in [5.74, 6) is 0.374. The highest BCUT2D eigenvalue weighted by Gasteiger charge is 2.24. The lowest BCUT2D eigenvalue weighted by molar-refractivity contribution is -0.117. The largest absolute Gasteiger partial charge is 0.338 e. The van der Waals surface area contributed by atoms with Crippen LogP contribution < -0.4 is 5.32 Å². The van der Waals surface area contributed by atoms with Crippen LogP contribution in [0.25, 0.3) is 0 Å². The molecule has 1 aromatic rings. The Morgan fingerprint density at radius 2 is 2.10 bits per heavy atom. The third-order valence-corrected chi connectivity index (χ3v) is 3.79. The molecule has 2 rings (SSSR count). The Kier molecular flexibility index (Phi) is 5.00. The van der Waals surface area contributed by atoms with Crippen molar-refractivity contribution < 1.29 is 9.32 Å². The Morgan fingerprint density at radius 1 is 1.33 bits per heavy atom. The number of rotatable bonds is 3. The smallest absolute Gasteiger partial charge is 0.240 e. The molecule has 6 nitrogen and oxygen atoms in total. The Labute approximate surface area is 126 Å². The van der Waals surface area contributed by atoms with Crippen LogP contribution in [0.2, 0.25) is 0 Å². The van der Waals surface area contributed by atoms with Gasteiger partial charge in [-0.15, -0.1) is 0 Å². The van der Waals surface area contributed by atoms with Gasteiger partial charge < -0.3 is 4.52 Å². The van der Waals surface area contributed by atoms with Crippen LogP contribution >= 0.6 is 0 Å². The average molecular weight is 294 g/mol. The van der Waals surface area contributed by atoms with Gasteiger partial charge in [-0.2, -0.15) is 0 Å². The van der Waals surface area contributed by atoms with Gasteiger partial charge in [-0.1, -0.05) is 5.16 Å². The minimum absolute atomic E-state index is 0.0460. The molecule has 1 saturated heterocycles. The van der Waals surface area contributed by atoms with Gasteiger partial charge in [0.25, 0.3) is 0 Å². The fourth-order valence-corrected chi connectivity index (χ4v) is 2.60. The summed E-state index contributed by atoms with van der Waals surface area (Å²) in [6.07, 6.45) is 1.09. The van der Waals surface area contributed by atoms with E-state index < -0.39 is 0 Å². The van der Waals surface area contributed by atoms with E-state index in [1.54, 1.807) is 6.07 Å². The molecular weight excluding hydrogens is 268 g/mol. The molecule has 21 heavy (non-hydrogen) atoms. The molecular formula is C15H26N4O2. The highest BCUT2D eigenvalue weighted by atomic mass is 16.5. The van der Waals surface area contributed by atoms with Gasteiger partial charge in [0.1, 0.15) is 0 Å². The van der Waals surface area contributed by atoms with Crippen molar-refractivity contribution in [3.05, 3.63) is 11.8 Å². The fourth-order valence-electron chi connectivity index (χ4n) is 2.60. The fraction of sp³-hybridized carbons (Fsp3) is 0.733. The van der Waals surface area contributed by atoms with E-state index in [1.165, 1.54) is 0 Å². The molecule has 0 aliphatic carbocycles. The highest BCUT2D eigenvalue weighted by molar-refractivity contribution is 5.90. The van der Waals surface area contributed by atoms with Gasteiger partial charge in [0, 0.05) is 24.7 Å². The summed E-state index contributed by atoms with van der Waals surface area (Å²) in [5, 5.41) is 6.51. The molecule has 1 amide bonds. The topological polar surface area (TPSA) is 61.6 Å². The zero-order chi connectivity index (χ0) is 15.5. The second-order valence-electron chi connectivity index (χ2n) is 6.67. The van der Waals surface area contributed by atoms with Crippen LogP contribution in [0, 0.1) is 6.92 Å². The standard InChI is InChI=1S/C15H26N4O2/c1-12-10-14(21-17-12)16-13(20)11-18-6-5-7-19(9-8-18)15(2,3)4/h10H,5-9,11H2,1-4H3,(H,16,20). The maximum atomic E-state index is 12.0. The van der Waals surface area contributed by atoms with Crippen LogP contribution in [0.1, 0.15) is 32.9 Å². The normalized spacial score (nSPS) is 18.5. The summed E-state index contributed by atoms with van der Waals surface area (Å²) in [6, 6.07) is 1.72. The zero-order valence-electron chi connectivity index (χ0n) is 13.5. The van der Waals surface area contributed by atoms with Crippen molar-refractivity contribution in [2.45, 2.75) is 39.7 Å². The van der Waals surface area contributed by atoms with Crippen molar-refractivity contribution in [3.63, 3.8) is 0 Å². The number of carbonyl (C=O) groups excluding carboxylic acids is 1. The molecule has 1 N–H and O–H groups in total. The Bertz CT molecular complexity index is 478. The monoisotopic (exact) mass is 294 g/mol. The van der Waals surface area contributed by atoms with E-state index in [9.17, 15) is 4.79 Å². The number of amides is 1. The lowest BCUT2D eigenvalue weighted by Crippen LogP contribution is -2.44. The van der Waals surface area contributed by atoms with E-state index >= 15 is 0 Å². The van der Waals surface area contributed by atoms with Crippen molar-refractivity contribution in [2.75, 3.05) is 38.0 Å². The Morgan fingerprint density at radius 3 is 2.71 bits per heavy atom. The zero-order valence-corrected chi connectivity index (χ0v) is 13.5. The summed E-state index contributed by atoms with van der Waals surface area (Å²) in [5.41, 5.74) is 0.955. The molecule has 1 fully saturated rings. The summed E-state index contributed by atoms with van der Waals surface area (Å²) in [4.78, 5) is 16.7. The third kappa shape index (κ3) is 4.82. The molecule has 1 aliphatic heterocycles. The Hall–Kier alpha value is -1.40. The minimum atomic E-state index is -0.0460. The van der Waals surface area contributed by atoms with Gasteiger partial charge in [0.15, 0.2) is 0 Å². The number of aryl methyl sites for hydroxylation is 1. The summed E-state index contributed by atoms with van der Waals surface area (Å²) in [7, 11) is 0. The first kappa shape index (κ1) is 16.0. The molecule has 0 spiro atoms. The number of nitrogens with zero attached hydrogens (tertiary/aromatic N) is 3. The van der Waals surface area contributed by atoms with Crippen LogP contribution in [0.5, 0.6) is 0 Å². The quantitative estimate of drug-likeness (QED) is 0.920. The minimum Gasteiger partial charge on any atom is -0.338 e. The molecule has 1 aliphatic rings. The maximum Gasteiger partial charge on any atom is 0.240 e. The first-order chi connectivity index (χ1) is 9.84. The molecule has 118 valence electrons. The van der Waals surface area contributed by atoms with E-state index in [0.717, 1.165) is 38.3 Å². The predicted molar refractivity (Wildman–Crippen MR) is 82.3 cm³/mol. The number of nitrogens with one attached hydrogen (secondary N) is 1. The molecule has 1 aromatic heterocycles. The van der Waals surface area contributed by atoms with Crippen LogP contribution in [0.3, 0.4) is 0 Å². The molecule has 0 aromatic carbocycles. The molecule has 0 radical (unpaired) electrons. The van der Waals surface area contributed by atoms with Gasteiger partial charge in [-0.05, 0) is 47.2 Å². The van der Waals surface area contributed by atoms with Crippen LogP contribution in [-0.2, 0) is 4.79 Å². The van der Waals surface area contributed by atoms with E-state index in [4.69, 9.17) is 4.52 Å². The number of aromatic nitrogens is 1. The summed E-state index contributed by atoms with van der Waals surface area (Å²) >= 11 is 0. The van der Waals surface area contributed by atoms with E-state index in [0.29, 0.717) is 12.4 Å². The van der Waals surface area contributed by atoms with Crippen molar-refractivity contribution in [1.82, 2.24) is 15.0 Å². The van der Waals surface area contributed by atoms with E-state index in [2.05, 4.69) is 41.0 Å². The van der Waals surface area contributed by atoms with Crippen molar-refractivity contribution in [1.29, 1.82) is 0 Å². The van der Waals surface area contributed by atoms with Gasteiger partial charge >= 0.3 is 0 Å². The molecule has 0 saturated carbocycles. The third-order valence-electron chi connectivity index (χ3n) is 3.79. The number of anilines is 1. The Balaban J connectivity index is 1.82.